The molecule has 150 valence electrons. The summed E-state index contributed by atoms with van der Waals surface area (Å²) >= 11 is 3.57. The molecule has 0 radical (unpaired) electrons. The molecule has 2 aromatic carbocycles. The SMILES string of the molecule is CC(C)(C)OC(=O)N1CCc2c(Br)cc(-c3ccc(C(F)(F)F)cc3)cc2C1. The van der Waals surface area contributed by atoms with E-state index in [-0.39, 0.29) is 6.09 Å². The van der Waals surface area contributed by atoms with Gasteiger partial charge in [0.2, 0.25) is 0 Å². The molecule has 7 heteroatoms. The van der Waals surface area contributed by atoms with Crippen LogP contribution in [-0.4, -0.2) is 23.1 Å². The van der Waals surface area contributed by atoms with Crippen LogP contribution in [0.25, 0.3) is 11.1 Å². The molecule has 0 aromatic heterocycles. The number of benzene rings is 2. The molecule has 1 heterocycles. The van der Waals surface area contributed by atoms with Crippen molar-refractivity contribution in [2.45, 2.75) is 45.5 Å². The minimum atomic E-state index is -4.36. The van der Waals surface area contributed by atoms with Gasteiger partial charge in [0, 0.05) is 17.6 Å². The van der Waals surface area contributed by atoms with Crippen LogP contribution in [0.3, 0.4) is 0 Å². The number of fused-ring (bicyclic) bond motifs is 1. The maximum atomic E-state index is 12.8. The van der Waals surface area contributed by atoms with Gasteiger partial charge in [-0.25, -0.2) is 4.79 Å². The van der Waals surface area contributed by atoms with Crippen molar-refractivity contribution in [1.82, 2.24) is 4.90 Å². The van der Waals surface area contributed by atoms with Crippen molar-refractivity contribution in [1.29, 1.82) is 0 Å². The van der Waals surface area contributed by atoms with E-state index in [2.05, 4.69) is 15.9 Å². The second-order valence-electron chi connectivity index (χ2n) is 7.82. The number of carbonyl (C=O) groups is 1. The average molecular weight is 456 g/mol. The summed E-state index contributed by atoms with van der Waals surface area (Å²) in [6.45, 7) is 6.42. The lowest BCUT2D eigenvalue weighted by Gasteiger charge is -2.32. The molecule has 0 atom stereocenters. The van der Waals surface area contributed by atoms with Gasteiger partial charge < -0.3 is 9.64 Å². The highest BCUT2D eigenvalue weighted by atomic mass is 79.9. The number of halogens is 4. The minimum Gasteiger partial charge on any atom is -0.444 e. The number of nitrogens with zero attached hydrogens (tertiary/aromatic N) is 1. The summed E-state index contributed by atoms with van der Waals surface area (Å²) in [4.78, 5) is 14.0. The Labute approximate surface area is 170 Å². The van der Waals surface area contributed by atoms with E-state index in [0.717, 1.165) is 33.3 Å². The number of hydrogen-bond donors (Lipinski definition) is 0. The summed E-state index contributed by atoms with van der Waals surface area (Å²) in [5.41, 5.74) is 2.30. The molecule has 1 aliphatic heterocycles. The molecule has 2 aromatic rings. The van der Waals surface area contributed by atoms with Crippen LogP contribution in [0, 0.1) is 0 Å². The number of hydrogen-bond acceptors (Lipinski definition) is 2. The van der Waals surface area contributed by atoms with Crippen molar-refractivity contribution >= 4 is 22.0 Å². The van der Waals surface area contributed by atoms with Gasteiger partial charge in [-0.1, -0.05) is 28.1 Å². The van der Waals surface area contributed by atoms with E-state index in [1.165, 1.54) is 12.1 Å². The van der Waals surface area contributed by atoms with Gasteiger partial charge in [0.05, 0.1) is 5.56 Å². The Balaban J connectivity index is 1.87. The standard InChI is InChI=1S/C21H21BrF3NO2/c1-20(2,3)28-19(27)26-9-8-17-15(12-26)10-14(11-18(17)22)13-4-6-16(7-5-13)21(23,24)25/h4-7,10-11H,8-9,12H2,1-3H3. The van der Waals surface area contributed by atoms with Crippen molar-refractivity contribution < 1.29 is 22.7 Å². The van der Waals surface area contributed by atoms with E-state index in [0.29, 0.717) is 25.1 Å². The predicted molar refractivity (Wildman–Crippen MR) is 105 cm³/mol. The molecule has 0 unspecified atom stereocenters. The largest absolute Gasteiger partial charge is 0.444 e. The minimum absolute atomic E-state index is 0.366. The Bertz CT molecular complexity index is 886. The fourth-order valence-corrected chi connectivity index (χ4v) is 3.85. The fourth-order valence-electron chi connectivity index (χ4n) is 3.15. The van der Waals surface area contributed by atoms with Crippen molar-refractivity contribution in [2.75, 3.05) is 6.54 Å². The molecule has 0 saturated carbocycles. The first-order chi connectivity index (χ1) is 12.9. The van der Waals surface area contributed by atoms with Crippen LogP contribution in [0.15, 0.2) is 40.9 Å². The summed E-state index contributed by atoms with van der Waals surface area (Å²) in [7, 11) is 0. The summed E-state index contributed by atoms with van der Waals surface area (Å²) in [5, 5.41) is 0. The van der Waals surface area contributed by atoms with Gasteiger partial charge in [-0.05, 0) is 73.7 Å². The molecule has 0 fully saturated rings. The van der Waals surface area contributed by atoms with Crippen molar-refractivity contribution in [3.63, 3.8) is 0 Å². The Hall–Kier alpha value is -2.02. The van der Waals surface area contributed by atoms with Crippen molar-refractivity contribution in [3.8, 4) is 11.1 Å². The van der Waals surface area contributed by atoms with Crippen LogP contribution in [0.5, 0.6) is 0 Å². The first-order valence-electron chi connectivity index (χ1n) is 8.91. The van der Waals surface area contributed by atoms with E-state index in [4.69, 9.17) is 4.74 Å². The number of carbonyl (C=O) groups excluding carboxylic acids is 1. The van der Waals surface area contributed by atoms with Gasteiger partial charge in [0.1, 0.15) is 5.60 Å². The van der Waals surface area contributed by atoms with Crippen LogP contribution < -0.4 is 0 Å². The Morgan fingerprint density at radius 2 is 1.71 bits per heavy atom. The first kappa shape index (κ1) is 20.7. The monoisotopic (exact) mass is 455 g/mol. The van der Waals surface area contributed by atoms with Gasteiger partial charge in [-0.2, -0.15) is 13.2 Å². The molecular formula is C21H21BrF3NO2. The highest BCUT2D eigenvalue weighted by molar-refractivity contribution is 9.10. The van der Waals surface area contributed by atoms with Gasteiger partial charge in [0.15, 0.2) is 0 Å². The summed E-state index contributed by atoms with van der Waals surface area (Å²) < 4.78 is 44.7. The summed E-state index contributed by atoms with van der Waals surface area (Å²) in [6.07, 6.45) is -4.04. The smallest absolute Gasteiger partial charge is 0.416 e. The summed E-state index contributed by atoms with van der Waals surface area (Å²) in [6, 6.07) is 8.92. The molecule has 0 spiro atoms. The lowest BCUT2D eigenvalue weighted by atomic mass is 9.94. The second kappa shape index (κ2) is 7.43. The van der Waals surface area contributed by atoms with Crippen LogP contribution in [0.4, 0.5) is 18.0 Å². The quantitative estimate of drug-likeness (QED) is 0.495. The molecule has 3 nitrogen and oxygen atoms in total. The third-order valence-electron chi connectivity index (χ3n) is 4.48. The molecule has 1 aliphatic rings. The predicted octanol–water partition coefficient (Wildman–Crippen LogP) is 6.43. The normalized spacial score (nSPS) is 14.6. The van der Waals surface area contributed by atoms with Gasteiger partial charge in [0.25, 0.3) is 0 Å². The van der Waals surface area contributed by atoms with Gasteiger partial charge >= 0.3 is 12.3 Å². The van der Waals surface area contributed by atoms with E-state index >= 15 is 0 Å². The van der Waals surface area contributed by atoms with Gasteiger partial charge in [-0.15, -0.1) is 0 Å². The van der Waals surface area contributed by atoms with Gasteiger partial charge in [-0.3, -0.25) is 0 Å². The van der Waals surface area contributed by atoms with E-state index in [9.17, 15) is 18.0 Å². The maximum Gasteiger partial charge on any atom is 0.416 e. The Morgan fingerprint density at radius 1 is 1.07 bits per heavy atom. The topological polar surface area (TPSA) is 29.5 Å². The molecule has 1 amide bonds. The van der Waals surface area contributed by atoms with Crippen molar-refractivity contribution in [2.24, 2.45) is 0 Å². The van der Waals surface area contributed by atoms with Crippen LogP contribution in [-0.2, 0) is 23.9 Å². The first-order valence-corrected chi connectivity index (χ1v) is 9.70. The molecule has 0 bridgehead atoms. The number of rotatable bonds is 1. The van der Waals surface area contributed by atoms with E-state index < -0.39 is 17.3 Å². The van der Waals surface area contributed by atoms with Crippen LogP contribution in [0.2, 0.25) is 0 Å². The van der Waals surface area contributed by atoms with E-state index in [1.54, 1.807) is 4.90 Å². The molecule has 0 aliphatic carbocycles. The molecular weight excluding hydrogens is 435 g/mol. The zero-order valence-corrected chi connectivity index (χ0v) is 17.4. The molecule has 3 rings (SSSR count). The van der Waals surface area contributed by atoms with Crippen LogP contribution in [0.1, 0.15) is 37.5 Å². The molecule has 0 N–H and O–H groups in total. The molecule has 0 saturated heterocycles. The third kappa shape index (κ3) is 4.69. The third-order valence-corrected chi connectivity index (χ3v) is 5.19. The zero-order valence-electron chi connectivity index (χ0n) is 15.9. The number of ether oxygens (including phenoxy) is 1. The Kier molecular flexibility index (Phi) is 5.49. The second-order valence-corrected chi connectivity index (χ2v) is 8.68. The number of amides is 1. The average Bonchev–Trinajstić information content (AvgIpc) is 2.59. The zero-order chi connectivity index (χ0) is 20.7. The lowest BCUT2D eigenvalue weighted by molar-refractivity contribution is -0.137. The highest BCUT2D eigenvalue weighted by Crippen LogP contribution is 2.35. The van der Waals surface area contributed by atoms with E-state index in [1.807, 2.05) is 32.9 Å². The Morgan fingerprint density at radius 3 is 2.29 bits per heavy atom. The fraction of sp³-hybridized carbons (Fsp3) is 0.381. The van der Waals surface area contributed by atoms with Crippen LogP contribution >= 0.6 is 15.9 Å². The summed E-state index contributed by atoms with van der Waals surface area (Å²) in [5.74, 6) is 0. The van der Waals surface area contributed by atoms with Crippen molar-refractivity contribution in [3.05, 3.63) is 57.6 Å². The lowest BCUT2D eigenvalue weighted by Crippen LogP contribution is -2.40. The molecule has 28 heavy (non-hydrogen) atoms. The maximum absolute atomic E-state index is 12.8. The number of alkyl halides is 3. The highest BCUT2D eigenvalue weighted by Gasteiger charge is 2.30.